The Bertz CT molecular complexity index is 608. The predicted octanol–water partition coefficient (Wildman–Crippen LogP) is 3.14. The minimum atomic E-state index is -4.44. The second-order valence-electron chi connectivity index (χ2n) is 5.38. The number of alkyl halides is 3. The second-order valence-corrected chi connectivity index (χ2v) is 5.38. The summed E-state index contributed by atoms with van der Waals surface area (Å²) in [7, 11) is 0. The highest BCUT2D eigenvalue weighted by molar-refractivity contribution is 5.34. The average molecular weight is 327 g/mol. The third-order valence-corrected chi connectivity index (χ3v) is 3.41. The first-order valence-corrected chi connectivity index (χ1v) is 7.51. The second kappa shape index (κ2) is 7.61. The van der Waals surface area contributed by atoms with Crippen LogP contribution in [-0.4, -0.2) is 27.5 Å². The molecule has 0 spiro atoms. The van der Waals surface area contributed by atoms with Gasteiger partial charge in [0.15, 0.2) is 5.69 Å². The summed E-state index contributed by atoms with van der Waals surface area (Å²) >= 11 is 0. The van der Waals surface area contributed by atoms with E-state index in [1.165, 1.54) is 10.9 Å². The molecule has 0 saturated heterocycles. The number of aliphatic hydroxyl groups is 1. The van der Waals surface area contributed by atoms with E-state index in [4.69, 9.17) is 0 Å². The Labute approximate surface area is 132 Å². The molecule has 1 unspecified atom stereocenters. The molecule has 0 amide bonds. The minimum Gasteiger partial charge on any atom is -0.392 e. The van der Waals surface area contributed by atoms with Gasteiger partial charge in [0.2, 0.25) is 0 Å². The molecule has 0 fully saturated rings. The van der Waals surface area contributed by atoms with Crippen LogP contribution in [0.25, 0.3) is 5.69 Å². The van der Waals surface area contributed by atoms with E-state index in [0.717, 1.165) is 24.5 Å². The SMILES string of the molecule is CCCC(O)CNCc1ccc(-n2ccc(C(F)(F)F)n2)cc1. The molecule has 0 bridgehead atoms. The average Bonchev–Trinajstić information content (AvgIpc) is 2.98. The Kier molecular flexibility index (Phi) is 5.79. The van der Waals surface area contributed by atoms with Crippen LogP contribution in [-0.2, 0) is 12.7 Å². The molecule has 2 N–H and O–H groups in total. The molecule has 126 valence electrons. The molecular formula is C16H20F3N3O. The van der Waals surface area contributed by atoms with Crippen molar-refractivity contribution in [2.45, 2.75) is 38.6 Å². The van der Waals surface area contributed by atoms with Gasteiger partial charge in [-0.3, -0.25) is 0 Å². The van der Waals surface area contributed by atoms with Gasteiger partial charge >= 0.3 is 6.18 Å². The summed E-state index contributed by atoms with van der Waals surface area (Å²) < 4.78 is 38.8. The molecule has 1 atom stereocenters. The van der Waals surface area contributed by atoms with Crippen molar-refractivity contribution in [2.24, 2.45) is 0 Å². The van der Waals surface area contributed by atoms with Crippen LogP contribution in [0, 0.1) is 0 Å². The van der Waals surface area contributed by atoms with Gasteiger partial charge in [0.1, 0.15) is 0 Å². The number of aromatic nitrogens is 2. The highest BCUT2D eigenvalue weighted by Crippen LogP contribution is 2.27. The molecule has 0 aliphatic rings. The summed E-state index contributed by atoms with van der Waals surface area (Å²) in [5.74, 6) is 0. The quantitative estimate of drug-likeness (QED) is 0.821. The molecule has 7 heteroatoms. The molecule has 1 aromatic carbocycles. The van der Waals surface area contributed by atoms with Crippen molar-refractivity contribution in [1.82, 2.24) is 15.1 Å². The number of rotatable bonds is 7. The summed E-state index contributed by atoms with van der Waals surface area (Å²) in [6.07, 6.45) is -1.82. The largest absolute Gasteiger partial charge is 0.435 e. The van der Waals surface area contributed by atoms with Crippen molar-refractivity contribution in [1.29, 1.82) is 0 Å². The Morgan fingerprint density at radius 1 is 1.22 bits per heavy atom. The predicted molar refractivity (Wildman–Crippen MR) is 81.2 cm³/mol. The summed E-state index contributed by atoms with van der Waals surface area (Å²) in [4.78, 5) is 0. The number of aliphatic hydroxyl groups excluding tert-OH is 1. The van der Waals surface area contributed by atoms with E-state index >= 15 is 0 Å². The molecule has 23 heavy (non-hydrogen) atoms. The van der Waals surface area contributed by atoms with Crippen molar-refractivity contribution >= 4 is 0 Å². The molecule has 2 rings (SSSR count). The topological polar surface area (TPSA) is 50.1 Å². The zero-order valence-electron chi connectivity index (χ0n) is 12.8. The number of nitrogens with one attached hydrogen (secondary N) is 1. The van der Waals surface area contributed by atoms with Crippen molar-refractivity contribution in [2.75, 3.05) is 6.54 Å². The fraction of sp³-hybridized carbons (Fsp3) is 0.438. The Morgan fingerprint density at radius 3 is 2.48 bits per heavy atom. The van der Waals surface area contributed by atoms with Crippen LogP contribution < -0.4 is 5.32 Å². The first-order valence-electron chi connectivity index (χ1n) is 7.51. The number of nitrogens with zero attached hydrogens (tertiary/aromatic N) is 2. The van der Waals surface area contributed by atoms with Gasteiger partial charge in [0, 0.05) is 19.3 Å². The van der Waals surface area contributed by atoms with Crippen molar-refractivity contribution < 1.29 is 18.3 Å². The van der Waals surface area contributed by atoms with Gasteiger partial charge in [0.05, 0.1) is 11.8 Å². The first-order chi connectivity index (χ1) is 10.9. The van der Waals surface area contributed by atoms with Crippen molar-refractivity contribution in [3.8, 4) is 5.69 Å². The fourth-order valence-electron chi connectivity index (χ4n) is 2.20. The van der Waals surface area contributed by atoms with Gasteiger partial charge < -0.3 is 10.4 Å². The number of hydrogen-bond donors (Lipinski definition) is 2. The molecule has 0 aliphatic heterocycles. The lowest BCUT2D eigenvalue weighted by molar-refractivity contribution is -0.141. The highest BCUT2D eigenvalue weighted by Gasteiger charge is 2.33. The summed E-state index contributed by atoms with van der Waals surface area (Å²) in [6.45, 7) is 3.12. The van der Waals surface area contributed by atoms with Crippen molar-refractivity contribution in [3.05, 3.63) is 47.8 Å². The van der Waals surface area contributed by atoms with E-state index in [1.54, 1.807) is 12.1 Å². The number of halogens is 3. The molecule has 0 saturated carbocycles. The third kappa shape index (κ3) is 5.07. The third-order valence-electron chi connectivity index (χ3n) is 3.41. The van der Waals surface area contributed by atoms with Crippen LogP contribution in [0.4, 0.5) is 13.2 Å². The highest BCUT2D eigenvalue weighted by atomic mass is 19.4. The van der Waals surface area contributed by atoms with Gasteiger partial charge in [-0.2, -0.15) is 18.3 Å². The van der Waals surface area contributed by atoms with Crippen LogP contribution in [0.2, 0.25) is 0 Å². The fourth-order valence-corrected chi connectivity index (χ4v) is 2.20. The maximum absolute atomic E-state index is 12.5. The van der Waals surface area contributed by atoms with Crippen LogP contribution in [0.5, 0.6) is 0 Å². The molecule has 0 aliphatic carbocycles. The van der Waals surface area contributed by atoms with E-state index in [1.807, 2.05) is 19.1 Å². The van der Waals surface area contributed by atoms with Crippen LogP contribution >= 0.6 is 0 Å². The Morgan fingerprint density at radius 2 is 1.91 bits per heavy atom. The van der Waals surface area contributed by atoms with E-state index in [9.17, 15) is 18.3 Å². The monoisotopic (exact) mass is 327 g/mol. The minimum absolute atomic E-state index is 0.357. The van der Waals surface area contributed by atoms with E-state index in [0.29, 0.717) is 18.8 Å². The first kappa shape index (κ1) is 17.5. The van der Waals surface area contributed by atoms with Crippen LogP contribution in [0.15, 0.2) is 36.5 Å². The lowest BCUT2D eigenvalue weighted by Crippen LogP contribution is -2.26. The maximum Gasteiger partial charge on any atom is 0.435 e. The normalized spacial score (nSPS) is 13.3. The molecular weight excluding hydrogens is 307 g/mol. The zero-order valence-corrected chi connectivity index (χ0v) is 12.8. The van der Waals surface area contributed by atoms with Crippen molar-refractivity contribution in [3.63, 3.8) is 0 Å². The van der Waals surface area contributed by atoms with Gasteiger partial charge in [0.25, 0.3) is 0 Å². The van der Waals surface area contributed by atoms with Crippen LogP contribution in [0.3, 0.4) is 0 Å². The zero-order chi connectivity index (χ0) is 16.9. The standard InChI is InChI=1S/C16H20F3N3O/c1-2-3-14(23)11-20-10-12-4-6-13(7-5-12)22-9-8-15(21-22)16(17,18)19/h4-9,14,20,23H,2-3,10-11H2,1H3. The Balaban J connectivity index is 1.93. The summed E-state index contributed by atoms with van der Waals surface area (Å²) in [5.41, 5.74) is 0.643. The Hall–Kier alpha value is -1.86. The van der Waals surface area contributed by atoms with E-state index in [2.05, 4.69) is 10.4 Å². The molecule has 0 radical (unpaired) electrons. The number of hydrogen-bond acceptors (Lipinski definition) is 3. The van der Waals surface area contributed by atoms with Gasteiger partial charge in [-0.25, -0.2) is 4.68 Å². The van der Waals surface area contributed by atoms with E-state index in [-0.39, 0.29) is 6.10 Å². The van der Waals surface area contributed by atoms with E-state index < -0.39 is 11.9 Å². The lowest BCUT2D eigenvalue weighted by Gasteiger charge is -2.11. The van der Waals surface area contributed by atoms with Gasteiger partial charge in [-0.15, -0.1) is 0 Å². The maximum atomic E-state index is 12.5. The van der Waals surface area contributed by atoms with Gasteiger partial charge in [-0.05, 0) is 30.2 Å². The smallest absolute Gasteiger partial charge is 0.392 e. The molecule has 1 heterocycles. The summed E-state index contributed by atoms with van der Waals surface area (Å²) in [6, 6.07) is 8.02. The van der Waals surface area contributed by atoms with Crippen LogP contribution in [0.1, 0.15) is 31.0 Å². The summed E-state index contributed by atoms with van der Waals surface area (Å²) in [5, 5.41) is 16.3. The van der Waals surface area contributed by atoms with Gasteiger partial charge in [-0.1, -0.05) is 25.5 Å². The molecule has 2 aromatic rings. The molecule has 4 nitrogen and oxygen atoms in total. The number of benzene rings is 1. The lowest BCUT2D eigenvalue weighted by atomic mass is 10.2. The molecule has 1 aromatic heterocycles.